The van der Waals surface area contributed by atoms with E-state index in [1.807, 2.05) is 0 Å². The van der Waals surface area contributed by atoms with Crippen molar-refractivity contribution in [2.24, 2.45) is 5.92 Å². The molecular formula is C13H18N2O2. The van der Waals surface area contributed by atoms with Crippen molar-refractivity contribution in [3.05, 3.63) is 34.4 Å². The van der Waals surface area contributed by atoms with Gasteiger partial charge in [0, 0.05) is 23.9 Å². The molecule has 1 N–H and O–H groups in total. The van der Waals surface area contributed by atoms with E-state index in [1.54, 1.807) is 24.3 Å². The number of nitrogens with one attached hydrogen (secondary N) is 1. The van der Waals surface area contributed by atoms with Crippen LogP contribution in [0.5, 0.6) is 0 Å². The molecule has 2 rings (SSSR count). The van der Waals surface area contributed by atoms with Gasteiger partial charge in [-0.15, -0.1) is 0 Å². The molecule has 1 aliphatic carbocycles. The molecule has 0 aliphatic heterocycles. The number of nitrogens with zero attached hydrogens (tertiary/aromatic N) is 1. The summed E-state index contributed by atoms with van der Waals surface area (Å²) in [6.45, 7) is 2.29. The Morgan fingerprint density at radius 1 is 1.18 bits per heavy atom. The molecule has 4 heteroatoms. The zero-order valence-electron chi connectivity index (χ0n) is 10.1. The highest BCUT2D eigenvalue weighted by molar-refractivity contribution is 5.49. The number of nitro groups is 1. The molecule has 0 bridgehead atoms. The van der Waals surface area contributed by atoms with E-state index in [0.29, 0.717) is 6.04 Å². The van der Waals surface area contributed by atoms with E-state index in [9.17, 15) is 10.1 Å². The molecule has 0 saturated heterocycles. The summed E-state index contributed by atoms with van der Waals surface area (Å²) in [5.74, 6) is 0.838. The Balaban J connectivity index is 1.92. The number of anilines is 1. The first kappa shape index (κ1) is 11.9. The van der Waals surface area contributed by atoms with Gasteiger partial charge in [-0.1, -0.05) is 6.92 Å². The van der Waals surface area contributed by atoms with E-state index in [1.165, 1.54) is 25.7 Å². The Kier molecular flexibility index (Phi) is 3.61. The van der Waals surface area contributed by atoms with Gasteiger partial charge in [0.15, 0.2) is 0 Å². The summed E-state index contributed by atoms with van der Waals surface area (Å²) in [5, 5.41) is 14.0. The highest BCUT2D eigenvalue weighted by atomic mass is 16.6. The Morgan fingerprint density at radius 2 is 1.76 bits per heavy atom. The van der Waals surface area contributed by atoms with Crippen molar-refractivity contribution in [1.82, 2.24) is 0 Å². The summed E-state index contributed by atoms with van der Waals surface area (Å²) in [7, 11) is 0. The first-order valence-electron chi connectivity index (χ1n) is 6.16. The molecule has 0 radical (unpaired) electrons. The normalized spacial score (nSPS) is 24.3. The van der Waals surface area contributed by atoms with Crippen LogP contribution in [0.1, 0.15) is 32.6 Å². The van der Waals surface area contributed by atoms with Crippen LogP contribution in [0.2, 0.25) is 0 Å². The Bertz CT molecular complexity index is 381. The highest BCUT2D eigenvalue weighted by Gasteiger charge is 2.17. The van der Waals surface area contributed by atoms with Crippen LogP contribution in [0.4, 0.5) is 11.4 Å². The van der Waals surface area contributed by atoms with Crippen molar-refractivity contribution in [3.8, 4) is 0 Å². The zero-order chi connectivity index (χ0) is 12.3. The number of rotatable bonds is 3. The number of hydrogen-bond acceptors (Lipinski definition) is 3. The van der Waals surface area contributed by atoms with E-state index in [4.69, 9.17) is 0 Å². The van der Waals surface area contributed by atoms with Crippen molar-refractivity contribution in [3.63, 3.8) is 0 Å². The summed E-state index contributed by atoms with van der Waals surface area (Å²) in [4.78, 5) is 10.2. The molecule has 0 spiro atoms. The lowest BCUT2D eigenvalue weighted by atomic mass is 9.87. The standard InChI is InChI=1S/C13H18N2O2/c1-10-2-4-11(5-3-10)14-12-6-8-13(9-7-12)15(16)17/h6-11,14H,2-5H2,1H3. The van der Waals surface area contributed by atoms with E-state index in [0.717, 1.165) is 11.6 Å². The first-order chi connectivity index (χ1) is 8.15. The first-order valence-corrected chi connectivity index (χ1v) is 6.16. The molecule has 1 aromatic carbocycles. The molecule has 17 heavy (non-hydrogen) atoms. The van der Waals surface area contributed by atoms with E-state index in [-0.39, 0.29) is 10.6 Å². The molecule has 1 fully saturated rings. The van der Waals surface area contributed by atoms with Crippen molar-refractivity contribution in [2.45, 2.75) is 38.6 Å². The summed E-state index contributed by atoms with van der Waals surface area (Å²) in [6.07, 6.45) is 4.92. The number of non-ortho nitro benzene ring substituents is 1. The van der Waals surface area contributed by atoms with Gasteiger partial charge in [0.25, 0.3) is 5.69 Å². The van der Waals surface area contributed by atoms with Gasteiger partial charge in [0.2, 0.25) is 0 Å². The summed E-state index contributed by atoms with van der Waals surface area (Å²) in [5.41, 5.74) is 1.13. The molecule has 0 atom stereocenters. The fourth-order valence-electron chi connectivity index (χ4n) is 2.32. The SMILES string of the molecule is CC1CCC(Nc2ccc([N+](=O)[O-])cc2)CC1. The van der Waals surface area contributed by atoms with E-state index < -0.39 is 0 Å². The van der Waals surface area contributed by atoms with Gasteiger partial charge in [-0.05, 0) is 43.7 Å². The molecule has 1 saturated carbocycles. The molecule has 0 unspecified atom stereocenters. The van der Waals surface area contributed by atoms with Crippen molar-refractivity contribution < 1.29 is 4.92 Å². The minimum Gasteiger partial charge on any atom is -0.382 e. The lowest BCUT2D eigenvalue weighted by Gasteiger charge is -2.27. The highest BCUT2D eigenvalue weighted by Crippen LogP contribution is 2.26. The number of hydrogen-bond donors (Lipinski definition) is 1. The maximum atomic E-state index is 10.5. The average molecular weight is 234 g/mol. The van der Waals surface area contributed by atoms with Gasteiger partial charge < -0.3 is 5.32 Å². The smallest absolute Gasteiger partial charge is 0.269 e. The van der Waals surface area contributed by atoms with Crippen LogP contribution >= 0.6 is 0 Å². The Hall–Kier alpha value is -1.58. The topological polar surface area (TPSA) is 55.2 Å². The minimum atomic E-state index is -0.369. The fourth-order valence-corrected chi connectivity index (χ4v) is 2.32. The van der Waals surface area contributed by atoms with Gasteiger partial charge in [-0.3, -0.25) is 10.1 Å². The summed E-state index contributed by atoms with van der Waals surface area (Å²) >= 11 is 0. The lowest BCUT2D eigenvalue weighted by Crippen LogP contribution is -2.25. The third kappa shape index (κ3) is 3.19. The van der Waals surface area contributed by atoms with Gasteiger partial charge in [-0.25, -0.2) is 0 Å². The van der Waals surface area contributed by atoms with E-state index in [2.05, 4.69) is 12.2 Å². The molecule has 0 heterocycles. The molecule has 1 aromatic rings. The summed E-state index contributed by atoms with van der Waals surface area (Å²) < 4.78 is 0. The van der Waals surface area contributed by atoms with Crippen LogP contribution in [0, 0.1) is 16.0 Å². The average Bonchev–Trinajstić information content (AvgIpc) is 2.33. The monoisotopic (exact) mass is 234 g/mol. The predicted molar refractivity (Wildman–Crippen MR) is 68.1 cm³/mol. The second-order valence-corrected chi connectivity index (χ2v) is 4.91. The maximum Gasteiger partial charge on any atom is 0.269 e. The van der Waals surface area contributed by atoms with Crippen molar-refractivity contribution >= 4 is 11.4 Å². The van der Waals surface area contributed by atoms with Gasteiger partial charge >= 0.3 is 0 Å². The van der Waals surface area contributed by atoms with Crippen LogP contribution < -0.4 is 5.32 Å². The predicted octanol–water partition coefficient (Wildman–Crippen LogP) is 3.59. The Morgan fingerprint density at radius 3 is 2.29 bits per heavy atom. The molecule has 92 valence electrons. The van der Waals surface area contributed by atoms with Crippen molar-refractivity contribution in [1.29, 1.82) is 0 Å². The minimum absolute atomic E-state index is 0.146. The zero-order valence-corrected chi connectivity index (χ0v) is 10.1. The fraction of sp³-hybridized carbons (Fsp3) is 0.538. The maximum absolute atomic E-state index is 10.5. The van der Waals surface area contributed by atoms with Crippen LogP contribution in [0.3, 0.4) is 0 Å². The number of nitro benzene ring substituents is 1. The molecule has 1 aliphatic rings. The quantitative estimate of drug-likeness (QED) is 0.642. The second kappa shape index (κ2) is 5.17. The van der Waals surface area contributed by atoms with Gasteiger partial charge in [0.05, 0.1) is 4.92 Å². The van der Waals surface area contributed by atoms with Crippen LogP contribution in [0.25, 0.3) is 0 Å². The van der Waals surface area contributed by atoms with Crippen molar-refractivity contribution in [2.75, 3.05) is 5.32 Å². The molecular weight excluding hydrogens is 216 g/mol. The molecule has 0 aromatic heterocycles. The largest absolute Gasteiger partial charge is 0.382 e. The number of benzene rings is 1. The molecule has 0 amide bonds. The van der Waals surface area contributed by atoms with Crippen LogP contribution in [0.15, 0.2) is 24.3 Å². The third-order valence-electron chi connectivity index (χ3n) is 3.46. The second-order valence-electron chi connectivity index (χ2n) is 4.91. The van der Waals surface area contributed by atoms with Crippen LogP contribution in [-0.4, -0.2) is 11.0 Å². The van der Waals surface area contributed by atoms with Crippen LogP contribution in [-0.2, 0) is 0 Å². The Labute approximate surface area is 101 Å². The van der Waals surface area contributed by atoms with Gasteiger partial charge in [0.1, 0.15) is 0 Å². The van der Waals surface area contributed by atoms with Gasteiger partial charge in [-0.2, -0.15) is 0 Å². The lowest BCUT2D eigenvalue weighted by molar-refractivity contribution is -0.384. The summed E-state index contributed by atoms with van der Waals surface area (Å²) in [6, 6.07) is 7.20. The van der Waals surface area contributed by atoms with E-state index >= 15 is 0 Å². The third-order valence-corrected chi connectivity index (χ3v) is 3.46. The molecule has 4 nitrogen and oxygen atoms in total.